The van der Waals surface area contributed by atoms with Crippen LogP contribution in [0.3, 0.4) is 0 Å². The maximum Gasteiger partial charge on any atom is 0.417 e. The molecule has 0 radical (unpaired) electrons. The van der Waals surface area contributed by atoms with E-state index in [4.69, 9.17) is 10.2 Å². The number of aromatic nitrogens is 2. The first kappa shape index (κ1) is 13.9. The lowest BCUT2D eigenvalue weighted by Gasteiger charge is -2.12. The summed E-state index contributed by atoms with van der Waals surface area (Å²) in [4.78, 5) is 0.00773. The van der Waals surface area contributed by atoms with Gasteiger partial charge in [0.05, 0.1) is 5.56 Å². The zero-order valence-electron chi connectivity index (χ0n) is 9.86. The molecule has 0 fully saturated rings. The molecule has 0 spiro atoms. The number of rotatable bonds is 3. The summed E-state index contributed by atoms with van der Waals surface area (Å²) in [5.74, 6) is 0.301. The van der Waals surface area contributed by atoms with Crippen molar-refractivity contribution in [1.29, 1.82) is 0 Å². The minimum Gasteiger partial charge on any atom is -0.416 e. The molecule has 8 heteroatoms. The Hall–Kier alpha value is -1.54. The van der Waals surface area contributed by atoms with Crippen molar-refractivity contribution in [3.63, 3.8) is 0 Å². The van der Waals surface area contributed by atoms with Crippen molar-refractivity contribution >= 4 is 11.8 Å². The molecular formula is C11H10F3N3OS. The van der Waals surface area contributed by atoms with Gasteiger partial charge in [-0.2, -0.15) is 13.2 Å². The number of nitrogens with two attached hydrogens (primary N) is 1. The molecule has 0 atom stereocenters. The van der Waals surface area contributed by atoms with Gasteiger partial charge in [-0.15, -0.1) is 10.2 Å². The Kier molecular flexibility index (Phi) is 3.81. The average molecular weight is 289 g/mol. The van der Waals surface area contributed by atoms with Crippen LogP contribution in [0.2, 0.25) is 0 Å². The SMILES string of the molecule is Cc1nnc(Sc2ccc(CN)cc2C(F)(F)F)o1. The van der Waals surface area contributed by atoms with E-state index in [0.29, 0.717) is 11.5 Å². The molecule has 19 heavy (non-hydrogen) atoms. The number of benzene rings is 1. The largest absolute Gasteiger partial charge is 0.417 e. The van der Waals surface area contributed by atoms with Crippen LogP contribution in [-0.2, 0) is 12.7 Å². The highest BCUT2D eigenvalue weighted by Crippen LogP contribution is 2.39. The summed E-state index contributed by atoms with van der Waals surface area (Å²) in [6, 6.07) is 3.93. The van der Waals surface area contributed by atoms with Gasteiger partial charge >= 0.3 is 6.18 Å². The number of halogens is 3. The van der Waals surface area contributed by atoms with Gasteiger partial charge in [-0.1, -0.05) is 6.07 Å². The molecule has 2 N–H and O–H groups in total. The van der Waals surface area contributed by atoms with E-state index in [1.807, 2.05) is 0 Å². The lowest BCUT2D eigenvalue weighted by atomic mass is 10.1. The maximum atomic E-state index is 13.0. The smallest absolute Gasteiger partial charge is 0.416 e. The zero-order chi connectivity index (χ0) is 14.0. The molecule has 4 nitrogen and oxygen atoms in total. The van der Waals surface area contributed by atoms with Gasteiger partial charge in [0.15, 0.2) is 0 Å². The van der Waals surface area contributed by atoms with Gasteiger partial charge < -0.3 is 10.2 Å². The van der Waals surface area contributed by atoms with Gasteiger partial charge in [-0.25, -0.2) is 0 Å². The van der Waals surface area contributed by atoms with Crippen LogP contribution in [-0.4, -0.2) is 10.2 Å². The number of hydrogen-bond donors (Lipinski definition) is 1. The topological polar surface area (TPSA) is 64.9 Å². The van der Waals surface area contributed by atoms with E-state index in [0.717, 1.165) is 17.8 Å². The van der Waals surface area contributed by atoms with Crippen molar-refractivity contribution in [2.24, 2.45) is 5.73 Å². The van der Waals surface area contributed by atoms with Gasteiger partial charge in [0.1, 0.15) is 0 Å². The second kappa shape index (κ2) is 5.22. The highest BCUT2D eigenvalue weighted by Gasteiger charge is 2.34. The summed E-state index contributed by atoms with van der Waals surface area (Å²) in [5.41, 5.74) is 5.01. The number of nitrogens with zero attached hydrogens (tertiary/aromatic N) is 2. The minimum atomic E-state index is -4.46. The molecule has 0 bridgehead atoms. The molecule has 0 saturated heterocycles. The third-order valence-electron chi connectivity index (χ3n) is 2.29. The van der Waals surface area contributed by atoms with Gasteiger partial charge in [-0.05, 0) is 29.5 Å². The maximum absolute atomic E-state index is 13.0. The van der Waals surface area contributed by atoms with E-state index in [9.17, 15) is 13.2 Å². The third kappa shape index (κ3) is 3.27. The van der Waals surface area contributed by atoms with Gasteiger partial charge in [0, 0.05) is 18.4 Å². The van der Waals surface area contributed by atoms with Crippen molar-refractivity contribution in [3.05, 3.63) is 35.2 Å². The highest BCUT2D eigenvalue weighted by atomic mass is 32.2. The standard InChI is InChI=1S/C11H10F3N3OS/c1-6-16-17-10(18-6)19-9-3-2-7(5-15)4-8(9)11(12,13)14/h2-4H,5,15H2,1H3. The fourth-order valence-electron chi connectivity index (χ4n) is 1.43. The first-order chi connectivity index (χ1) is 8.90. The van der Waals surface area contributed by atoms with E-state index in [2.05, 4.69) is 10.2 Å². The van der Waals surface area contributed by atoms with Gasteiger partial charge in [0.25, 0.3) is 5.22 Å². The number of aryl methyl sites for hydroxylation is 1. The summed E-state index contributed by atoms with van der Waals surface area (Å²) in [7, 11) is 0. The van der Waals surface area contributed by atoms with E-state index in [1.54, 1.807) is 13.0 Å². The first-order valence-electron chi connectivity index (χ1n) is 5.28. The first-order valence-corrected chi connectivity index (χ1v) is 6.10. The Morgan fingerprint density at radius 3 is 2.58 bits per heavy atom. The van der Waals surface area contributed by atoms with Crippen LogP contribution < -0.4 is 5.73 Å². The Bertz CT molecular complexity index is 583. The highest BCUT2D eigenvalue weighted by molar-refractivity contribution is 7.99. The molecular weight excluding hydrogens is 279 g/mol. The Balaban J connectivity index is 2.39. The van der Waals surface area contributed by atoms with E-state index >= 15 is 0 Å². The summed E-state index contributed by atoms with van der Waals surface area (Å²) in [6.45, 7) is 1.62. The van der Waals surface area contributed by atoms with Crippen LogP contribution in [0.4, 0.5) is 13.2 Å². The number of hydrogen-bond acceptors (Lipinski definition) is 5. The molecule has 1 aromatic heterocycles. The van der Waals surface area contributed by atoms with Crippen LogP contribution in [0.15, 0.2) is 32.7 Å². The molecule has 0 amide bonds. The van der Waals surface area contributed by atoms with Gasteiger partial charge in [-0.3, -0.25) is 0 Å². The molecule has 0 aliphatic rings. The van der Waals surface area contributed by atoms with Crippen molar-refractivity contribution in [1.82, 2.24) is 10.2 Å². The Labute approximate surface area is 111 Å². The fraction of sp³-hybridized carbons (Fsp3) is 0.273. The van der Waals surface area contributed by atoms with E-state index in [-0.39, 0.29) is 16.7 Å². The Morgan fingerprint density at radius 1 is 1.32 bits per heavy atom. The van der Waals surface area contributed by atoms with E-state index < -0.39 is 11.7 Å². The Morgan fingerprint density at radius 2 is 2.05 bits per heavy atom. The predicted octanol–water partition coefficient (Wildman–Crippen LogP) is 3.01. The molecule has 102 valence electrons. The van der Waals surface area contributed by atoms with Crippen LogP contribution in [0.1, 0.15) is 17.0 Å². The normalized spacial score (nSPS) is 11.8. The molecule has 0 aliphatic heterocycles. The minimum absolute atomic E-state index is 0.00773. The third-order valence-corrected chi connectivity index (χ3v) is 3.21. The average Bonchev–Trinajstić information content (AvgIpc) is 2.74. The van der Waals surface area contributed by atoms with Gasteiger partial charge in [0.2, 0.25) is 5.89 Å². The molecule has 2 aromatic rings. The van der Waals surface area contributed by atoms with Crippen molar-refractivity contribution in [3.8, 4) is 0 Å². The van der Waals surface area contributed by atoms with Crippen molar-refractivity contribution in [2.45, 2.75) is 29.8 Å². The van der Waals surface area contributed by atoms with Crippen LogP contribution >= 0.6 is 11.8 Å². The lowest BCUT2D eigenvalue weighted by Crippen LogP contribution is -2.08. The van der Waals surface area contributed by atoms with Crippen molar-refractivity contribution < 1.29 is 17.6 Å². The molecule has 1 heterocycles. The molecule has 0 aliphatic carbocycles. The molecule has 0 saturated carbocycles. The molecule has 2 rings (SSSR count). The second-order valence-corrected chi connectivity index (χ2v) is 4.71. The van der Waals surface area contributed by atoms with Crippen molar-refractivity contribution in [2.75, 3.05) is 0 Å². The summed E-state index contributed by atoms with van der Waals surface area (Å²) >= 11 is 0.780. The summed E-state index contributed by atoms with van der Waals surface area (Å²) < 4.78 is 43.9. The molecule has 1 aromatic carbocycles. The lowest BCUT2D eigenvalue weighted by molar-refractivity contribution is -0.139. The van der Waals surface area contributed by atoms with Crippen LogP contribution in [0, 0.1) is 6.92 Å². The van der Waals surface area contributed by atoms with E-state index in [1.165, 1.54) is 6.07 Å². The zero-order valence-corrected chi connectivity index (χ0v) is 10.7. The summed E-state index contributed by atoms with van der Waals surface area (Å²) in [6.07, 6.45) is -4.46. The quantitative estimate of drug-likeness (QED) is 0.941. The monoisotopic (exact) mass is 289 g/mol. The molecule has 0 unspecified atom stereocenters. The van der Waals surface area contributed by atoms with Crippen LogP contribution in [0.25, 0.3) is 0 Å². The second-order valence-electron chi connectivity index (χ2n) is 3.72. The summed E-state index contributed by atoms with van der Waals surface area (Å²) in [5, 5.41) is 7.30. The predicted molar refractivity (Wildman–Crippen MR) is 62.5 cm³/mol. The van der Waals surface area contributed by atoms with Crippen LogP contribution in [0.5, 0.6) is 0 Å². The fourth-order valence-corrected chi connectivity index (χ4v) is 2.28. The number of alkyl halides is 3.